The molecule has 0 aliphatic heterocycles. The van der Waals surface area contributed by atoms with Crippen molar-refractivity contribution in [1.82, 2.24) is 0 Å². The van der Waals surface area contributed by atoms with Gasteiger partial charge in [-0.1, -0.05) is 107 Å². The Morgan fingerprint density at radius 1 is 0.586 bits per heavy atom. The Balaban J connectivity index is 1.46. The Morgan fingerprint density at radius 3 is 1.64 bits per heavy atom. The van der Waals surface area contributed by atoms with Crippen molar-refractivity contribution in [2.24, 2.45) is 0 Å². The molecule has 0 bridgehead atoms. The fourth-order valence-electron chi connectivity index (χ4n) is 7.78. The SMILES string of the molecule is C=CC(=O)OCC1(COC(=O)C=C)c2cc(-c3ccc4ccc5cc(C(C)(C)C)cc6ccc3c4c56)ccc2-c2ccc(C(F)(F)C(F)(F)C(F)(F)C(F)(F)F)cc21. The summed E-state index contributed by atoms with van der Waals surface area (Å²) >= 11 is 0. The number of ether oxygens (including phenoxy) is 2. The van der Waals surface area contributed by atoms with Gasteiger partial charge in [-0.25, -0.2) is 9.59 Å². The topological polar surface area (TPSA) is 52.6 Å². The maximum absolute atomic E-state index is 15.5. The molecule has 0 fully saturated rings. The molecule has 0 unspecified atom stereocenters. The molecule has 1 aliphatic carbocycles. The van der Waals surface area contributed by atoms with Gasteiger partial charge < -0.3 is 9.47 Å². The van der Waals surface area contributed by atoms with Gasteiger partial charge in [0.2, 0.25) is 0 Å². The number of rotatable bonds is 10. The normalized spacial score (nSPS) is 14.4. The summed E-state index contributed by atoms with van der Waals surface area (Å²) in [6.07, 6.45) is -5.49. The van der Waals surface area contributed by atoms with Gasteiger partial charge in [-0.2, -0.15) is 39.5 Å². The molecule has 0 saturated carbocycles. The number of benzene rings is 6. The molecular weight excluding hydrogens is 775 g/mol. The zero-order chi connectivity index (χ0) is 42.4. The number of carbonyl (C=O) groups excluding carboxylic acids is 2. The molecule has 0 atom stereocenters. The predicted molar refractivity (Wildman–Crippen MR) is 203 cm³/mol. The number of carbonyl (C=O) groups is 2. The summed E-state index contributed by atoms with van der Waals surface area (Å²) in [6.45, 7) is 11.4. The highest BCUT2D eigenvalue weighted by atomic mass is 19.4. The Morgan fingerprint density at radius 2 is 1.09 bits per heavy atom. The van der Waals surface area contributed by atoms with E-state index in [1.165, 1.54) is 0 Å². The van der Waals surface area contributed by atoms with Crippen molar-refractivity contribution < 1.29 is 58.6 Å². The van der Waals surface area contributed by atoms with Gasteiger partial charge in [-0.05, 0) is 88.8 Å². The lowest BCUT2D eigenvalue weighted by Crippen LogP contribution is -2.59. The molecular formula is C45H33F9O4. The summed E-state index contributed by atoms with van der Waals surface area (Å²) in [7, 11) is 0. The average molecular weight is 809 g/mol. The Kier molecular flexibility index (Phi) is 9.29. The van der Waals surface area contributed by atoms with E-state index < -0.39 is 60.1 Å². The molecule has 300 valence electrons. The average Bonchev–Trinajstić information content (AvgIpc) is 3.44. The molecule has 1 aliphatic rings. The van der Waals surface area contributed by atoms with Crippen LogP contribution in [0.5, 0.6) is 0 Å². The number of halogens is 9. The number of esters is 2. The highest BCUT2D eigenvalue weighted by Crippen LogP contribution is 2.58. The van der Waals surface area contributed by atoms with E-state index in [0.29, 0.717) is 23.3 Å². The molecule has 0 heterocycles. The van der Waals surface area contributed by atoms with Crippen LogP contribution in [0.15, 0.2) is 110 Å². The van der Waals surface area contributed by atoms with E-state index in [9.17, 15) is 40.3 Å². The van der Waals surface area contributed by atoms with Crippen LogP contribution in [0.3, 0.4) is 0 Å². The molecule has 58 heavy (non-hydrogen) atoms. The molecule has 0 spiro atoms. The van der Waals surface area contributed by atoms with E-state index in [1.807, 2.05) is 36.4 Å². The minimum Gasteiger partial charge on any atom is -0.461 e. The largest absolute Gasteiger partial charge is 0.461 e. The highest BCUT2D eigenvalue weighted by molar-refractivity contribution is 6.25. The zero-order valence-electron chi connectivity index (χ0n) is 31.1. The number of hydrogen-bond acceptors (Lipinski definition) is 4. The molecule has 0 amide bonds. The minimum absolute atomic E-state index is 0.0429. The third kappa shape index (κ3) is 6.00. The van der Waals surface area contributed by atoms with E-state index in [4.69, 9.17) is 9.47 Å². The first kappa shape index (κ1) is 40.4. The van der Waals surface area contributed by atoms with Gasteiger partial charge in [0.25, 0.3) is 0 Å². The summed E-state index contributed by atoms with van der Waals surface area (Å²) in [5, 5.41) is 5.76. The molecule has 6 aromatic carbocycles. The second kappa shape index (κ2) is 13.4. The first-order valence-corrected chi connectivity index (χ1v) is 17.8. The van der Waals surface area contributed by atoms with Crippen molar-refractivity contribution in [3.63, 3.8) is 0 Å². The molecule has 0 saturated heterocycles. The Hall–Kier alpha value is -5.85. The fourth-order valence-corrected chi connectivity index (χ4v) is 7.78. The first-order valence-electron chi connectivity index (χ1n) is 17.8. The van der Waals surface area contributed by atoms with Crippen LogP contribution in [0.25, 0.3) is 54.6 Å². The van der Waals surface area contributed by atoms with Crippen LogP contribution in [0.4, 0.5) is 39.5 Å². The van der Waals surface area contributed by atoms with Crippen molar-refractivity contribution >= 4 is 44.3 Å². The standard InChI is InChI=1S/C45H33F9O4/c1-6-36(55)57-22-41(23-58-37(56)7-2)34-20-25(30-14-10-24-8-9-26-18-29(40(3,4)5)19-27-12-16-33(30)39(24)38(26)27)11-15-31(34)32-17-13-28(21-35(32)41)42(46,47)43(48,49)44(50,51)45(52,53)54/h6-21H,1-2,22-23H2,3-5H3. The van der Waals surface area contributed by atoms with E-state index in [-0.39, 0.29) is 27.7 Å². The summed E-state index contributed by atoms with van der Waals surface area (Å²) < 4.78 is 139. The highest BCUT2D eigenvalue weighted by Gasteiger charge is 2.82. The summed E-state index contributed by atoms with van der Waals surface area (Å²) in [6, 6.07) is 22.5. The van der Waals surface area contributed by atoms with Crippen molar-refractivity contribution in [2.75, 3.05) is 13.2 Å². The van der Waals surface area contributed by atoms with E-state index in [2.05, 4.69) is 46.1 Å². The van der Waals surface area contributed by atoms with Gasteiger partial charge in [-0.15, -0.1) is 0 Å². The lowest BCUT2D eigenvalue weighted by atomic mass is 9.77. The minimum atomic E-state index is -7.15. The van der Waals surface area contributed by atoms with Crippen molar-refractivity contribution in [3.05, 3.63) is 132 Å². The maximum Gasteiger partial charge on any atom is 0.460 e. The molecule has 0 radical (unpaired) electrons. The fraction of sp³-hybridized carbons (Fsp3) is 0.244. The van der Waals surface area contributed by atoms with Crippen molar-refractivity contribution in [1.29, 1.82) is 0 Å². The van der Waals surface area contributed by atoms with Crippen LogP contribution in [0, 0.1) is 0 Å². The number of fused-ring (bicyclic) bond motifs is 3. The van der Waals surface area contributed by atoms with Crippen LogP contribution in [-0.4, -0.2) is 43.2 Å². The Labute approximate surface area is 325 Å². The third-order valence-electron chi connectivity index (χ3n) is 10.9. The van der Waals surface area contributed by atoms with Crippen LogP contribution in [-0.2, 0) is 35.8 Å². The van der Waals surface area contributed by atoms with E-state index in [0.717, 1.165) is 56.1 Å². The molecule has 13 heteroatoms. The van der Waals surface area contributed by atoms with Gasteiger partial charge >= 0.3 is 35.9 Å². The monoisotopic (exact) mass is 808 g/mol. The second-order valence-electron chi connectivity index (χ2n) is 15.4. The smallest absolute Gasteiger partial charge is 0.460 e. The van der Waals surface area contributed by atoms with Crippen molar-refractivity contribution in [3.8, 4) is 22.3 Å². The molecule has 6 aromatic rings. The number of alkyl halides is 9. The lowest BCUT2D eigenvalue weighted by Gasteiger charge is -2.35. The molecule has 0 aromatic heterocycles. The van der Waals surface area contributed by atoms with E-state index in [1.54, 1.807) is 18.2 Å². The summed E-state index contributed by atoms with van der Waals surface area (Å²) in [5.41, 5.74) is -1.54. The van der Waals surface area contributed by atoms with Crippen LogP contribution in [0.2, 0.25) is 0 Å². The van der Waals surface area contributed by atoms with Crippen molar-refractivity contribution in [2.45, 2.75) is 55.5 Å². The first-order chi connectivity index (χ1) is 27.0. The van der Waals surface area contributed by atoms with Gasteiger partial charge in [0.05, 0.1) is 5.41 Å². The van der Waals surface area contributed by atoms with Gasteiger partial charge in [0.1, 0.15) is 13.2 Å². The maximum atomic E-state index is 15.5. The van der Waals surface area contributed by atoms with Crippen LogP contribution < -0.4 is 0 Å². The van der Waals surface area contributed by atoms with Gasteiger partial charge in [-0.3, -0.25) is 0 Å². The molecule has 4 nitrogen and oxygen atoms in total. The van der Waals surface area contributed by atoms with Gasteiger partial charge in [0, 0.05) is 17.7 Å². The van der Waals surface area contributed by atoms with Crippen LogP contribution >= 0.6 is 0 Å². The van der Waals surface area contributed by atoms with Gasteiger partial charge in [0.15, 0.2) is 0 Å². The summed E-state index contributed by atoms with van der Waals surface area (Å²) in [4.78, 5) is 25.0. The lowest BCUT2D eigenvalue weighted by molar-refractivity contribution is -0.399. The Bertz CT molecular complexity index is 2630. The van der Waals surface area contributed by atoms with Crippen LogP contribution in [0.1, 0.15) is 43.0 Å². The zero-order valence-corrected chi connectivity index (χ0v) is 31.1. The number of hydrogen-bond donors (Lipinski definition) is 0. The van der Waals surface area contributed by atoms with E-state index >= 15 is 8.78 Å². The molecule has 0 N–H and O–H groups in total. The predicted octanol–water partition coefficient (Wildman–Crippen LogP) is 12.2. The summed E-state index contributed by atoms with van der Waals surface area (Å²) in [5.74, 6) is -22.3. The second-order valence-corrected chi connectivity index (χ2v) is 15.4. The molecule has 7 rings (SSSR count). The quantitative estimate of drug-likeness (QED) is 0.0599. The third-order valence-corrected chi connectivity index (χ3v) is 10.9.